The average Bonchev–Trinajstić information content (AvgIpc) is 2.88. The minimum absolute atomic E-state index is 0.0406. The fourth-order valence-corrected chi connectivity index (χ4v) is 4.49. The molecule has 7 nitrogen and oxygen atoms in total. The molecule has 1 amide bonds. The zero-order valence-corrected chi connectivity index (χ0v) is 18.0. The van der Waals surface area contributed by atoms with Crippen LogP contribution in [0.4, 0.5) is 8.78 Å². The van der Waals surface area contributed by atoms with E-state index in [0.717, 1.165) is 25.3 Å². The lowest BCUT2D eigenvalue weighted by atomic mass is 9.84. The van der Waals surface area contributed by atoms with Crippen LogP contribution in [0.15, 0.2) is 18.2 Å². The Morgan fingerprint density at radius 2 is 1.84 bits per heavy atom. The first-order valence-electron chi connectivity index (χ1n) is 10.7. The minimum Gasteiger partial charge on any atom is -0.487 e. The van der Waals surface area contributed by atoms with E-state index < -0.39 is 22.8 Å². The zero-order chi connectivity index (χ0) is 22.5. The highest BCUT2D eigenvalue weighted by Crippen LogP contribution is 2.30. The van der Waals surface area contributed by atoms with Crippen LogP contribution in [0.25, 0.3) is 0 Å². The van der Waals surface area contributed by atoms with Gasteiger partial charge in [0.2, 0.25) is 11.7 Å². The number of halogens is 2. The highest BCUT2D eigenvalue weighted by atomic mass is 19.2. The lowest BCUT2D eigenvalue weighted by molar-refractivity contribution is -0.138. The predicted octanol–water partition coefficient (Wildman–Crippen LogP) is 1.56. The van der Waals surface area contributed by atoms with Gasteiger partial charge < -0.3 is 24.6 Å². The largest absolute Gasteiger partial charge is 0.487 e. The van der Waals surface area contributed by atoms with E-state index in [4.69, 9.17) is 9.47 Å². The van der Waals surface area contributed by atoms with Gasteiger partial charge in [0, 0.05) is 33.3 Å². The maximum absolute atomic E-state index is 14.0. The van der Waals surface area contributed by atoms with Crippen LogP contribution in [0, 0.1) is 11.6 Å². The smallest absolute Gasteiger partial charge is 0.248 e. The molecule has 2 aliphatic rings. The molecule has 1 saturated heterocycles. The van der Waals surface area contributed by atoms with Gasteiger partial charge in [0.15, 0.2) is 11.6 Å². The zero-order valence-electron chi connectivity index (χ0n) is 18.0. The summed E-state index contributed by atoms with van der Waals surface area (Å²) in [6.07, 6.45) is 4.39. The van der Waals surface area contributed by atoms with Crippen molar-refractivity contribution in [1.82, 2.24) is 9.80 Å². The van der Waals surface area contributed by atoms with Crippen molar-refractivity contribution < 1.29 is 33.3 Å². The molecular weight excluding hydrogens is 410 g/mol. The Morgan fingerprint density at radius 1 is 1.10 bits per heavy atom. The average molecular weight is 443 g/mol. The van der Waals surface area contributed by atoms with E-state index in [1.54, 1.807) is 0 Å². The molecule has 1 aromatic rings. The molecule has 1 heterocycles. The minimum atomic E-state index is -1.54. The standard InChI is InChI=1S/C22H32F2N2O5/c1-30-12-19(27)26-11-10-25(13-21(28)8-3-2-4-9-21)14-22(29,15-26)16-31-18-7-5-6-17(23)20(18)24/h5-7,28-29H,2-4,8-16H2,1H3/t22-/m1/s1. The number of β-amino-alcohol motifs (C(OH)–C–C–N with tert-alkyl or cyclic N) is 2. The molecule has 1 aliphatic carbocycles. The summed E-state index contributed by atoms with van der Waals surface area (Å²) in [4.78, 5) is 15.9. The van der Waals surface area contributed by atoms with E-state index in [1.807, 2.05) is 4.90 Å². The molecule has 2 N–H and O–H groups in total. The van der Waals surface area contributed by atoms with Crippen LogP contribution in [0.2, 0.25) is 0 Å². The molecule has 3 rings (SSSR count). The second-order valence-electron chi connectivity index (χ2n) is 8.81. The Balaban J connectivity index is 1.75. The van der Waals surface area contributed by atoms with Crippen molar-refractivity contribution in [2.24, 2.45) is 0 Å². The van der Waals surface area contributed by atoms with Gasteiger partial charge in [-0.3, -0.25) is 9.69 Å². The van der Waals surface area contributed by atoms with E-state index in [1.165, 1.54) is 24.1 Å². The summed E-state index contributed by atoms with van der Waals surface area (Å²) in [6, 6.07) is 3.60. The summed E-state index contributed by atoms with van der Waals surface area (Å²) in [7, 11) is 1.42. The summed E-state index contributed by atoms with van der Waals surface area (Å²) >= 11 is 0. The Kier molecular flexibility index (Phi) is 7.85. The topological polar surface area (TPSA) is 82.5 Å². The van der Waals surface area contributed by atoms with Crippen molar-refractivity contribution in [2.45, 2.75) is 43.3 Å². The molecule has 0 unspecified atom stereocenters. The van der Waals surface area contributed by atoms with Crippen molar-refractivity contribution in [2.75, 3.05) is 53.0 Å². The molecule has 0 aromatic heterocycles. The van der Waals surface area contributed by atoms with Gasteiger partial charge in [-0.25, -0.2) is 4.39 Å². The van der Waals surface area contributed by atoms with Crippen molar-refractivity contribution in [1.29, 1.82) is 0 Å². The van der Waals surface area contributed by atoms with Crippen LogP contribution in [0.5, 0.6) is 5.75 Å². The fraction of sp³-hybridized carbons (Fsp3) is 0.682. The Labute approximate surface area is 181 Å². The number of hydrogen-bond donors (Lipinski definition) is 2. The van der Waals surface area contributed by atoms with Crippen molar-refractivity contribution in [3.63, 3.8) is 0 Å². The molecule has 1 aromatic carbocycles. The van der Waals surface area contributed by atoms with Crippen LogP contribution in [0.3, 0.4) is 0 Å². The SMILES string of the molecule is COCC(=O)N1CCN(CC2(O)CCCCC2)C[C@](O)(COc2cccc(F)c2F)C1. The van der Waals surface area contributed by atoms with Crippen LogP contribution >= 0.6 is 0 Å². The summed E-state index contributed by atoms with van der Waals surface area (Å²) in [5.41, 5.74) is -2.37. The Hall–Kier alpha value is -1.81. The van der Waals surface area contributed by atoms with Gasteiger partial charge in [-0.2, -0.15) is 4.39 Å². The Morgan fingerprint density at radius 3 is 2.55 bits per heavy atom. The molecule has 0 bridgehead atoms. The van der Waals surface area contributed by atoms with Gasteiger partial charge in [0.1, 0.15) is 18.8 Å². The lowest BCUT2D eigenvalue weighted by Crippen LogP contribution is -2.54. The monoisotopic (exact) mass is 442 g/mol. The quantitative estimate of drug-likeness (QED) is 0.667. The molecule has 1 saturated carbocycles. The third-order valence-corrected chi connectivity index (χ3v) is 6.02. The van der Waals surface area contributed by atoms with Gasteiger partial charge in [0.05, 0.1) is 12.1 Å². The van der Waals surface area contributed by atoms with Gasteiger partial charge in [-0.15, -0.1) is 0 Å². The molecule has 0 radical (unpaired) electrons. The maximum atomic E-state index is 14.0. The van der Waals surface area contributed by atoms with Gasteiger partial charge >= 0.3 is 0 Å². The summed E-state index contributed by atoms with van der Waals surface area (Å²) in [5, 5.41) is 22.3. The number of carbonyl (C=O) groups is 1. The molecule has 31 heavy (non-hydrogen) atoms. The molecule has 2 fully saturated rings. The third-order valence-electron chi connectivity index (χ3n) is 6.02. The first kappa shape index (κ1) is 23.8. The fourth-order valence-electron chi connectivity index (χ4n) is 4.49. The normalized spacial score (nSPS) is 24.6. The summed E-state index contributed by atoms with van der Waals surface area (Å²) in [6.45, 7) is 0.821. The highest BCUT2D eigenvalue weighted by molar-refractivity contribution is 5.77. The van der Waals surface area contributed by atoms with Crippen LogP contribution in [-0.4, -0.2) is 90.2 Å². The number of amides is 1. The molecule has 1 aliphatic heterocycles. The number of methoxy groups -OCH3 is 1. The number of aliphatic hydroxyl groups is 2. The number of nitrogens with zero attached hydrogens (tertiary/aromatic N) is 2. The summed E-state index contributed by atoms with van der Waals surface area (Å²) in [5.74, 6) is -2.75. The summed E-state index contributed by atoms with van der Waals surface area (Å²) < 4.78 is 37.9. The van der Waals surface area contributed by atoms with Gasteiger partial charge in [0.25, 0.3) is 0 Å². The van der Waals surface area contributed by atoms with Crippen LogP contribution in [0.1, 0.15) is 32.1 Å². The first-order chi connectivity index (χ1) is 14.7. The second-order valence-corrected chi connectivity index (χ2v) is 8.81. The lowest BCUT2D eigenvalue weighted by Gasteiger charge is -2.38. The number of hydrogen-bond acceptors (Lipinski definition) is 6. The first-order valence-corrected chi connectivity index (χ1v) is 10.7. The predicted molar refractivity (Wildman–Crippen MR) is 110 cm³/mol. The maximum Gasteiger partial charge on any atom is 0.248 e. The van der Waals surface area contributed by atoms with Gasteiger partial charge in [-0.05, 0) is 25.0 Å². The van der Waals surface area contributed by atoms with E-state index in [0.29, 0.717) is 32.5 Å². The Bertz CT molecular complexity index is 759. The van der Waals surface area contributed by atoms with Crippen molar-refractivity contribution in [3.05, 3.63) is 29.8 Å². The number of carbonyl (C=O) groups excluding carboxylic acids is 1. The third kappa shape index (κ3) is 6.35. The van der Waals surface area contributed by atoms with Crippen molar-refractivity contribution >= 4 is 5.91 Å². The van der Waals surface area contributed by atoms with Crippen molar-refractivity contribution in [3.8, 4) is 5.75 Å². The highest BCUT2D eigenvalue weighted by Gasteiger charge is 2.40. The molecule has 1 atom stereocenters. The second kappa shape index (κ2) is 10.2. The van der Waals surface area contributed by atoms with Crippen LogP contribution < -0.4 is 4.74 Å². The van der Waals surface area contributed by atoms with E-state index in [-0.39, 0.29) is 38.0 Å². The molecule has 0 spiro atoms. The molecule has 9 heteroatoms. The van der Waals surface area contributed by atoms with E-state index >= 15 is 0 Å². The van der Waals surface area contributed by atoms with Gasteiger partial charge in [-0.1, -0.05) is 25.3 Å². The van der Waals surface area contributed by atoms with E-state index in [9.17, 15) is 23.8 Å². The molecular formula is C22H32F2N2O5. The number of rotatable bonds is 7. The molecule has 174 valence electrons. The van der Waals surface area contributed by atoms with E-state index in [2.05, 4.69) is 0 Å². The number of benzene rings is 1. The van der Waals surface area contributed by atoms with Crippen LogP contribution in [-0.2, 0) is 9.53 Å². The number of ether oxygens (including phenoxy) is 2.